The minimum absolute atomic E-state index is 0.0460. The van der Waals surface area contributed by atoms with Crippen LogP contribution in [0.15, 0.2) is 18.2 Å². The number of aryl methyl sites for hydroxylation is 1. The van der Waals surface area contributed by atoms with Gasteiger partial charge in [-0.1, -0.05) is 18.6 Å². The molecule has 0 spiro atoms. The van der Waals surface area contributed by atoms with Crippen LogP contribution in [0.25, 0.3) is 0 Å². The standard InChI is InChI=1S/C23H30N2O5/c1-15-6-9-17(10-7-15)24(3)20(26)14-30-21(27)5-4-12-25-22(28)18-11-8-16(2)13-19(18)23(25)29/h8,11,13,15,17H,4-7,9-10,12,14H2,1-3H3. The highest BCUT2D eigenvalue weighted by Gasteiger charge is 2.35. The van der Waals surface area contributed by atoms with Crippen LogP contribution in [0.3, 0.4) is 0 Å². The van der Waals surface area contributed by atoms with Gasteiger partial charge in [-0.15, -0.1) is 0 Å². The Morgan fingerprint density at radius 2 is 1.77 bits per heavy atom. The molecule has 3 amide bonds. The van der Waals surface area contributed by atoms with Crippen LogP contribution in [0.1, 0.15) is 71.7 Å². The van der Waals surface area contributed by atoms with E-state index in [9.17, 15) is 19.2 Å². The van der Waals surface area contributed by atoms with Crippen molar-refractivity contribution in [3.8, 4) is 0 Å². The minimum Gasteiger partial charge on any atom is -0.456 e. The Morgan fingerprint density at radius 3 is 2.47 bits per heavy atom. The summed E-state index contributed by atoms with van der Waals surface area (Å²) < 4.78 is 5.11. The van der Waals surface area contributed by atoms with Gasteiger partial charge < -0.3 is 9.64 Å². The predicted molar refractivity (Wildman–Crippen MR) is 111 cm³/mol. The smallest absolute Gasteiger partial charge is 0.306 e. The van der Waals surface area contributed by atoms with Crippen molar-refractivity contribution in [1.82, 2.24) is 9.80 Å². The zero-order chi connectivity index (χ0) is 21.8. The summed E-state index contributed by atoms with van der Waals surface area (Å²) in [4.78, 5) is 52.0. The highest BCUT2D eigenvalue weighted by molar-refractivity contribution is 6.21. The number of amides is 3. The highest BCUT2D eigenvalue weighted by atomic mass is 16.5. The number of fused-ring (bicyclic) bond motifs is 1. The Labute approximate surface area is 177 Å². The van der Waals surface area contributed by atoms with Crippen molar-refractivity contribution in [3.05, 3.63) is 34.9 Å². The quantitative estimate of drug-likeness (QED) is 0.506. The molecular formula is C23H30N2O5. The van der Waals surface area contributed by atoms with E-state index < -0.39 is 5.97 Å². The van der Waals surface area contributed by atoms with E-state index >= 15 is 0 Å². The number of ether oxygens (including phenoxy) is 1. The largest absolute Gasteiger partial charge is 0.456 e. The Hall–Kier alpha value is -2.70. The van der Waals surface area contributed by atoms with Gasteiger partial charge in [0.05, 0.1) is 11.1 Å². The van der Waals surface area contributed by atoms with E-state index in [-0.39, 0.29) is 43.3 Å². The van der Waals surface area contributed by atoms with Gasteiger partial charge in [0.2, 0.25) is 0 Å². The van der Waals surface area contributed by atoms with Crippen molar-refractivity contribution in [2.75, 3.05) is 20.2 Å². The first-order valence-electron chi connectivity index (χ1n) is 10.7. The Balaban J connectivity index is 1.40. The summed E-state index contributed by atoms with van der Waals surface area (Å²) in [6.45, 7) is 3.97. The molecule has 0 bridgehead atoms. The van der Waals surface area contributed by atoms with E-state index in [0.717, 1.165) is 31.2 Å². The topological polar surface area (TPSA) is 84.0 Å². The summed E-state index contributed by atoms with van der Waals surface area (Å²) in [5, 5.41) is 0. The van der Waals surface area contributed by atoms with Crippen LogP contribution in [-0.2, 0) is 14.3 Å². The number of likely N-dealkylation sites (N-methyl/N-ethyl adjacent to an activating group) is 1. The third kappa shape index (κ3) is 4.89. The fourth-order valence-corrected chi connectivity index (χ4v) is 4.14. The van der Waals surface area contributed by atoms with Gasteiger partial charge in [0.25, 0.3) is 17.7 Å². The SMILES string of the molecule is Cc1ccc2c(c1)C(=O)N(CCCC(=O)OCC(=O)N(C)C1CCC(C)CC1)C2=O. The van der Waals surface area contributed by atoms with Gasteiger partial charge in [0.15, 0.2) is 6.61 Å². The zero-order valence-electron chi connectivity index (χ0n) is 18.0. The van der Waals surface area contributed by atoms with Gasteiger partial charge in [-0.05, 0) is 57.1 Å². The van der Waals surface area contributed by atoms with Gasteiger partial charge in [-0.2, -0.15) is 0 Å². The van der Waals surface area contributed by atoms with Gasteiger partial charge in [-0.25, -0.2) is 0 Å². The maximum absolute atomic E-state index is 12.4. The average Bonchev–Trinajstić information content (AvgIpc) is 2.96. The number of imide groups is 1. The van der Waals surface area contributed by atoms with Crippen molar-refractivity contribution < 1.29 is 23.9 Å². The number of benzene rings is 1. The molecule has 7 nitrogen and oxygen atoms in total. The van der Waals surface area contributed by atoms with E-state index in [1.54, 1.807) is 30.1 Å². The monoisotopic (exact) mass is 414 g/mol. The molecule has 2 aliphatic rings. The second-order valence-corrected chi connectivity index (χ2v) is 8.49. The summed E-state index contributed by atoms with van der Waals surface area (Å²) in [6, 6.07) is 5.38. The van der Waals surface area contributed by atoms with Crippen LogP contribution in [0.2, 0.25) is 0 Å². The maximum atomic E-state index is 12.4. The summed E-state index contributed by atoms with van der Waals surface area (Å²) in [5.74, 6) is -0.651. The van der Waals surface area contributed by atoms with Crippen LogP contribution >= 0.6 is 0 Å². The van der Waals surface area contributed by atoms with Crippen LogP contribution < -0.4 is 0 Å². The van der Waals surface area contributed by atoms with E-state index in [1.165, 1.54) is 4.90 Å². The number of nitrogens with zero attached hydrogens (tertiary/aromatic N) is 2. The number of esters is 1. The highest BCUT2D eigenvalue weighted by Crippen LogP contribution is 2.26. The fraction of sp³-hybridized carbons (Fsp3) is 0.565. The van der Waals surface area contributed by atoms with Crippen molar-refractivity contribution >= 4 is 23.7 Å². The number of carbonyl (C=O) groups is 4. The molecule has 1 aromatic rings. The third-order valence-electron chi connectivity index (χ3n) is 6.17. The lowest BCUT2D eigenvalue weighted by Gasteiger charge is -2.33. The molecule has 1 fully saturated rings. The van der Waals surface area contributed by atoms with E-state index in [4.69, 9.17) is 4.74 Å². The maximum Gasteiger partial charge on any atom is 0.306 e. The molecule has 162 valence electrons. The van der Waals surface area contributed by atoms with Crippen LogP contribution in [0.5, 0.6) is 0 Å². The van der Waals surface area contributed by atoms with Crippen LogP contribution in [-0.4, -0.2) is 59.7 Å². The zero-order valence-corrected chi connectivity index (χ0v) is 18.0. The van der Waals surface area contributed by atoms with Crippen molar-refractivity contribution in [2.24, 2.45) is 5.92 Å². The second-order valence-electron chi connectivity index (χ2n) is 8.49. The molecular weight excluding hydrogens is 384 g/mol. The van der Waals surface area contributed by atoms with Gasteiger partial charge in [0.1, 0.15) is 0 Å². The van der Waals surface area contributed by atoms with Crippen LogP contribution in [0.4, 0.5) is 0 Å². The van der Waals surface area contributed by atoms with Crippen molar-refractivity contribution in [2.45, 2.75) is 58.4 Å². The van der Waals surface area contributed by atoms with E-state index in [0.29, 0.717) is 23.5 Å². The first-order chi connectivity index (χ1) is 14.3. The molecule has 7 heteroatoms. The molecule has 30 heavy (non-hydrogen) atoms. The molecule has 1 saturated carbocycles. The number of hydrogen-bond acceptors (Lipinski definition) is 5. The molecule has 0 saturated heterocycles. The molecule has 0 radical (unpaired) electrons. The summed E-state index contributed by atoms with van der Waals surface area (Å²) >= 11 is 0. The molecule has 0 N–H and O–H groups in total. The van der Waals surface area contributed by atoms with Crippen LogP contribution in [0, 0.1) is 12.8 Å². The first kappa shape index (κ1) is 22.0. The fourth-order valence-electron chi connectivity index (χ4n) is 4.14. The Morgan fingerprint density at radius 1 is 1.10 bits per heavy atom. The molecule has 1 aliphatic heterocycles. The average molecular weight is 415 g/mol. The third-order valence-corrected chi connectivity index (χ3v) is 6.17. The molecule has 3 rings (SSSR count). The lowest BCUT2D eigenvalue weighted by Crippen LogP contribution is -2.41. The van der Waals surface area contributed by atoms with E-state index in [2.05, 4.69) is 6.92 Å². The number of rotatable bonds is 7. The minimum atomic E-state index is -0.499. The number of hydrogen-bond donors (Lipinski definition) is 0. The van der Waals surface area contributed by atoms with Gasteiger partial charge in [0, 0.05) is 26.1 Å². The summed E-state index contributed by atoms with van der Waals surface area (Å²) in [7, 11) is 1.76. The van der Waals surface area contributed by atoms with Gasteiger partial charge >= 0.3 is 5.97 Å². The predicted octanol–water partition coefficient (Wildman–Crippen LogP) is 2.95. The summed E-state index contributed by atoms with van der Waals surface area (Å²) in [5.41, 5.74) is 1.73. The Bertz CT molecular complexity index is 842. The van der Waals surface area contributed by atoms with Gasteiger partial charge in [-0.3, -0.25) is 24.1 Å². The normalized spacial score (nSPS) is 20.8. The lowest BCUT2D eigenvalue weighted by atomic mass is 9.87. The molecule has 1 heterocycles. The van der Waals surface area contributed by atoms with Crippen molar-refractivity contribution in [3.63, 3.8) is 0 Å². The lowest BCUT2D eigenvalue weighted by molar-refractivity contribution is -0.152. The first-order valence-corrected chi connectivity index (χ1v) is 10.7. The molecule has 0 aromatic heterocycles. The Kier molecular flexibility index (Phi) is 6.90. The number of carbonyl (C=O) groups excluding carboxylic acids is 4. The molecule has 1 aliphatic carbocycles. The van der Waals surface area contributed by atoms with Crippen molar-refractivity contribution in [1.29, 1.82) is 0 Å². The molecule has 1 aromatic carbocycles. The second kappa shape index (κ2) is 9.41. The molecule has 0 atom stereocenters. The summed E-state index contributed by atoms with van der Waals surface area (Å²) in [6.07, 6.45) is 4.53. The van der Waals surface area contributed by atoms with E-state index in [1.807, 2.05) is 6.92 Å². The molecule has 0 unspecified atom stereocenters.